The third kappa shape index (κ3) is 5.28. The monoisotopic (exact) mass is 348 g/mol. The van der Waals surface area contributed by atoms with Gasteiger partial charge in [0, 0.05) is 11.8 Å². The van der Waals surface area contributed by atoms with E-state index < -0.39 is 5.41 Å². The standard InChI is InChI=1S/C16H24N6O3/c1-5-14(23)12-10-21(19-17-12)6-8-25-9-7-22-11-13(18-20-22)15(24)16(2,3)4/h10-11H,5-9H2,1-4H3. The number of rotatable bonds is 9. The number of carbonyl (C=O) groups excluding carboxylic acids is 2. The Morgan fingerprint density at radius 1 is 1.00 bits per heavy atom. The predicted molar refractivity (Wildman–Crippen MR) is 89.3 cm³/mol. The molecule has 0 aliphatic carbocycles. The second-order valence-corrected chi connectivity index (χ2v) is 6.70. The summed E-state index contributed by atoms with van der Waals surface area (Å²) >= 11 is 0. The Balaban J connectivity index is 1.71. The second kappa shape index (κ2) is 8.11. The first-order valence-corrected chi connectivity index (χ1v) is 8.27. The molecule has 0 aliphatic heterocycles. The number of Topliss-reactive ketones (excluding diaryl/α,β-unsaturated/α-hetero) is 2. The Bertz CT molecular complexity index is 728. The maximum Gasteiger partial charge on any atom is 0.190 e. The summed E-state index contributed by atoms with van der Waals surface area (Å²) in [6.07, 6.45) is 3.67. The van der Waals surface area contributed by atoms with Crippen LogP contribution in [0.5, 0.6) is 0 Å². The van der Waals surface area contributed by atoms with E-state index in [1.165, 1.54) is 0 Å². The highest BCUT2D eigenvalue weighted by atomic mass is 16.5. The van der Waals surface area contributed by atoms with Gasteiger partial charge in [-0.3, -0.25) is 9.59 Å². The summed E-state index contributed by atoms with van der Waals surface area (Å²) in [4.78, 5) is 23.6. The molecule has 2 aromatic rings. The fourth-order valence-electron chi connectivity index (χ4n) is 2.03. The van der Waals surface area contributed by atoms with Gasteiger partial charge in [0.25, 0.3) is 0 Å². The van der Waals surface area contributed by atoms with Crippen LogP contribution in [0.4, 0.5) is 0 Å². The molecular weight excluding hydrogens is 324 g/mol. The highest BCUT2D eigenvalue weighted by molar-refractivity contribution is 5.97. The van der Waals surface area contributed by atoms with Crippen LogP contribution in [-0.2, 0) is 17.8 Å². The van der Waals surface area contributed by atoms with E-state index in [1.807, 2.05) is 20.8 Å². The van der Waals surface area contributed by atoms with Crippen molar-refractivity contribution in [3.05, 3.63) is 23.8 Å². The summed E-state index contributed by atoms with van der Waals surface area (Å²) in [5, 5.41) is 15.6. The molecule has 0 fully saturated rings. The Morgan fingerprint density at radius 2 is 1.52 bits per heavy atom. The van der Waals surface area contributed by atoms with Crippen molar-refractivity contribution in [1.82, 2.24) is 30.0 Å². The Morgan fingerprint density at radius 3 is 2.04 bits per heavy atom. The number of nitrogens with zero attached hydrogens (tertiary/aromatic N) is 6. The van der Waals surface area contributed by atoms with Crippen LogP contribution in [-0.4, -0.2) is 54.8 Å². The lowest BCUT2D eigenvalue weighted by atomic mass is 9.89. The summed E-state index contributed by atoms with van der Waals surface area (Å²) in [5.74, 6) is -0.0674. The van der Waals surface area contributed by atoms with Crippen molar-refractivity contribution in [3.63, 3.8) is 0 Å². The van der Waals surface area contributed by atoms with Crippen molar-refractivity contribution in [2.75, 3.05) is 13.2 Å². The van der Waals surface area contributed by atoms with Gasteiger partial charge in [-0.25, -0.2) is 9.36 Å². The number of aromatic nitrogens is 6. The van der Waals surface area contributed by atoms with Gasteiger partial charge in [-0.1, -0.05) is 38.1 Å². The second-order valence-electron chi connectivity index (χ2n) is 6.70. The van der Waals surface area contributed by atoms with Gasteiger partial charge < -0.3 is 4.74 Å². The zero-order valence-corrected chi connectivity index (χ0v) is 15.1. The number of ether oxygens (including phenoxy) is 1. The highest BCUT2D eigenvalue weighted by Crippen LogP contribution is 2.18. The molecule has 0 saturated carbocycles. The SMILES string of the molecule is CCC(=O)c1cn(CCOCCn2cc(C(=O)C(C)(C)C)nn2)nn1. The maximum atomic E-state index is 12.1. The molecule has 2 heterocycles. The molecule has 0 radical (unpaired) electrons. The van der Waals surface area contributed by atoms with Crippen LogP contribution in [0, 0.1) is 5.41 Å². The molecule has 0 amide bonds. The Kier molecular flexibility index (Phi) is 6.13. The lowest BCUT2D eigenvalue weighted by molar-refractivity contribution is 0.0852. The molecule has 0 bridgehead atoms. The first-order valence-electron chi connectivity index (χ1n) is 8.27. The topological polar surface area (TPSA) is 105 Å². The number of carbonyl (C=O) groups is 2. The van der Waals surface area contributed by atoms with Crippen LogP contribution in [0.1, 0.15) is 55.1 Å². The van der Waals surface area contributed by atoms with E-state index >= 15 is 0 Å². The van der Waals surface area contributed by atoms with Gasteiger partial charge in [0.05, 0.1) is 38.7 Å². The van der Waals surface area contributed by atoms with E-state index in [4.69, 9.17) is 4.74 Å². The summed E-state index contributed by atoms with van der Waals surface area (Å²) in [5.41, 5.74) is 0.261. The van der Waals surface area contributed by atoms with E-state index in [9.17, 15) is 9.59 Å². The predicted octanol–water partition coefficient (Wildman–Crippen LogP) is 1.41. The zero-order valence-electron chi connectivity index (χ0n) is 15.1. The van der Waals surface area contributed by atoms with Crippen LogP contribution in [0.3, 0.4) is 0 Å². The van der Waals surface area contributed by atoms with Gasteiger partial charge in [0.2, 0.25) is 0 Å². The van der Waals surface area contributed by atoms with Crippen molar-refractivity contribution in [1.29, 1.82) is 0 Å². The van der Waals surface area contributed by atoms with E-state index in [0.717, 1.165) is 0 Å². The number of hydrogen-bond acceptors (Lipinski definition) is 7. The molecule has 2 aromatic heterocycles. The average molecular weight is 348 g/mol. The summed E-state index contributed by atoms with van der Waals surface area (Å²) in [7, 11) is 0. The molecule has 0 aromatic carbocycles. The minimum Gasteiger partial charge on any atom is -0.378 e. The zero-order chi connectivity index (χ0) is 18.4. The van der Waals surface area contributed by atoms with Crippen molar-refractivity contribution in [2.24, 2.45) is 5.41 Å². The van der Waals surface area contributed by atoms with Gasteiger partial charge in [0.1, 0.15) is 11.4 Å². The van der Waals surface area contributed by atoms with Crippen molar-refractivity contribution < 1.29 is 14.3 Å². The minimum atomic E-state index is -0.479. The van der Waals surface area contributed by atoms with E-state index in [-0.39, 0.29) is 11.6 Å². The summed E-state index contributed by atoms with van der Waals surface area (Å²) < 4.78 is 8.70. The van der Waals surface area contributed by atoms with E-state index in [2.05, 4.69) is 20.6 Å². The third-order valence-electron chi connectivity index (χ3n) is 3.53. The highest BCUT2D eigenvalue weighted by Gasteiger charge is 2.25. The molecule has 9 heteroatoms. The quantitative estimate of drug-likeness (QED) is 0.498. The largest absolute Gasteiger partial charge is 0.378 e. The number of hydrogen-bond donors (Lipinski definition) is 0. The first-order chi connectivity index (χ1) is 11.8. The van der Waals surface area contributed by atoms with Gasteiger partial charge in [-0.05, 0) is 0 Å². The van der Waals surface area contributed by atoms with Crippen molar-refractivity contribution >= 4 is 11.6 Å². The van der Waals surface area contributed by atoms with Gasteiger partial charge in [-0.2, -0.15) is 0 Å². The fourth-order valence-corrected chi connectivity index (χ4v) is 2.03. The summed E-state index contributed by atoms with van der Waals surface area (Å²) in [6, 6.07) is 0. The van der Waals surface area contributed by atoms with Crippen LogP contribution in [0.25, 0.3) is 0 Å². The van der Waals surface area contributed by atoms with Crippen LogP contribution >= 0.6 is 0 Å². The maximum absolute atomic E-state index is 12.1. The lowest BCUT2D eigenvalue weighted by Gasteiger charge is -2.13. The van der Waals surface area contributed by atoms with E-state index in [1.54, 1.807) is 28.7 Å². The van der Waals surface area contributed by atoms with E-state index in [0.29, 0.717) is 44.1 Å². The molecule has 9 nitrogen and oxygen atoms in total. The van der Waals surface area contributed by atoms with Crippen LogP contribution < -0.4 is 0 Å². The molecule has 0 N–H and O–H groups in total. The first kappa shape index (κ1) is 18.9. The van der Waals surface area contributed by atoms with Crippen LogP contribution in [0.2, 0.25) is 0 Å². The molecule has 0 saturated heterocycles. The van der Waals surface area contributed by atoms with Gasteiger partial charge in [-0.15, -0.1) is 10.2 Å². The normalized spacial score (nSPS) is 11.7. The third-order valence-corrected chi connectivity index (χ3v) is 3.53. The van der Waals surface area contributed by atoms with Crippen LogP contribution in [0.15, 0.2) is 12.4 Å². The van der Waals surface area contributed by atoms with Crippen molar-refractivity contribution in [2.45, 2.75) is 47.2 Å². The molecule has 136 valence electrons. The van der Waals surface area contributed by atoms with Gasteiger partial charge in [0.15, 0.2) is 11.6 Å². The minimum absolute atomic E-state index is 0.0287. The van der Waals surface area contributed by atoms with Gasteiger partial charge >= 0.3 is 0 Å². The van der Waals surface area contributed by atoms with Crippen molar-refractivity contribution in [3.8, 4) is 0 Å². The Labute approximate surface area is 146 Å². The molecular formula is C16H24N6O3. The molecule has 0 unspecified atom stereocenters. The molecule has 2 rings (SSSR count). The molecule has 0 aliphatic rings. The summed E-state index contributed by atoms with van der Waals surface area (Å²) in [6.45, 7) is 9.21. The smallest absolute Gasteiger partial charge is 0.190 e. The molecule has 0 atom stereocenters. The molecule has 0 spiro atoms. The average Bonchev–Trinajstić information content (AvgIpc) is 3.21. The lowest BCUT2D eigenvalue weighted by Crippen LogP contribution is -2.20. The molecule has 25 heavy (non-hydrogen) atoms. The fraction of sp³-hybridized carbons (Fsp3) is 0.625. The number of ketones is 2. The Hall–Kier alpha value is -2.42.